The highest BCUT2D eigenvalue weighted by Crippen LogP contribution is 2.26. The highest BCUT2D eigenvalue weighted by Gasteiger charge is 2.15. The van der Waals surface area contributed by atoms with E-state index in [0.717, 1.165) is 0 Å². The Bertz CT molecular complexity index is 492. The molecule has 0 unspecified atom stereocenters. The topological polar surface area (TPSA) is 94.0 Å². The van der Waals surface area contributed by atoms with Gasteiger partial charge in [0.2, 0.25) is 0 Å². The molecule has 0 amide bonds. The fourth-order valence-electron chi connectivity index (χ4n) is 1.09. The fourth-order valence-corrected chi connectivity index (χ4v) is 1.50. The third kappa shape index (κ3) is 1.89. The minimum atomic E-state index is -1.01. The number of carboxylic acid groups (broad SMARTS) is 1. The number of rotatable bonds is 3. The van der Waals surface area contributed by atoms with Crippen LogP contribution in [0.3, 0.4) is 0 Å². The minimum absolute atomic E-state index is 0.292. The van der Waals surface area contributed by atoms with E-state index >= 15 is 0 Å². The molecule has 1 N–H and O–H groups in total. The lowest BCUT2D eigenvalue weighted by Crippen LogP contribution is -2.11. The molecule has 0 spiro atoms. The summed E-state index contributed by atoms with van der Waals surface area (Å²) in [6.45, 7) is -0.292. The Morgan fingerprint density at radius 3 is 3.07 bits per heavy atom. The number of hydrogen-bond donors (Lipinski definition) is 1. The third-order valence-electron chi connectivity index (χ3n) is 1.68. The first-order valence-corrected chi connectivity index (χ1v) is 4.69. The van der Waals surface area contributed by atoms with Gasteiger partial charge in [0, 0.05) is 0 Å². The predicted molar refractivity (Wildman–Crippen MR) is 50.9 cm³/mol. The van der Waals surface area contributed by atoms with E-state index in [9.17, 15) is 4.79 Å². The Morgan fingerprint density at radius 1 is 1.67 bits per heavy atom. The zero-order valence-electron chi connectivity index (χ0n) is 7.29. The molecular formula is C7H5BrN4O3. The molecule has 0 bridgehead atoms. The lowest BCUT2D eigenvalue weighted by Gasteiger charge is -1.98. The number of tetrazole rings is 1. The van der Waals surface area contributed by atoms with Gasteiger partial charge in [-0.05, 0) is 32.4 Å². The summed E-state index contributed by atoms with van der Waals surface area (Å²) in [4.78, 5) is 10.5. The highest BCUT2D eigenvalue weighted by atomic mass is 79.9. The molecule has 0 saturated carbocycles. The van der Waals surface area contributed by atoms with Crippen molar-refractivity contribution in [3.63, 3.8) is 0 Å². The van der Waals surface area contributed by atoms with Crippen molar-refractivity contribution in [1.82, 2.24) is 20.2 Å². The zero-order valence-corrected chi connectivity index (χ0v) is 8.88. The molecule has 78 valence electrons. The van der Waals surface area contributed by atoms with Crippen molar-refractivity contribution in [2.45, 2.75) is 6.54 Å². The maximum atomic E-state index is 10.5. The molecule has 0 radical (unpaired) electrons. The van der Waals surface area contributed by atoms with Gasteiger partial charge in [0.05, 0.1) is 11.8 Å². The second-order valence-electron chi connectivity index (χ2n) is 2.66. The average Bonchev–Trinajstić information content (AvgIpc) is 2.73. The number of carbonyl (C=O) groups is 1. The summed E-state index contributed by atoms with van der Waals surface area (Å²) >= 11 is 3.17. The number of aliphatic carboxylic acids is 1. The second-order valence-corrected chi connectivity index (χ2v) is 3.38. The molecule has 2 rings (SSSR count). The molecule has 0 atom stereocenters. The van der Waals surface area contributed by atoms with Crippen molar-refractivity contribution in [3.8, 4) is 11.4 Å². The summed E-state index contributed by atoms with van der Waals surface area (Å²) in [5.41, 5.74) is 0.612. The molecular weight excluding hydrogens is 268 g/mol. The van der Waals surface area contributed by atoms with E-state index in [-0.39, 0.29) is 6.54 Å². The van der Waals surface area contributed by atoms with Crippen LogP contribution in [0.5, 0.6) is 0 Å². The van der Waals surface area contributed by atoms with E-state index in [2.05, 4.69) is 31.5 Å². The fraction of sp³-hybridized carbons (Fsp3) is 0.143. The van der Waals surface area contributed by atoms with Crippen molar-refractivity contribution < 1.29 is 14.3 Å². The van der Waals surface area contributed by atoms with Gasteiger partial charge in [-0.1, -0.05) is 0 Å². The van der Waals surface area contributed by atoms with Crippen LogP contribution in [0.2, 0.25) is 0 Å². The zero-order chi connectivity index (χ0) is 10.8. The van der Waals surface area contributed by atoms with Crippen molar-refractivity contribution >= 4 is 21.9 Å². The van der Waals surface area contributed by atoms with Gasteiger partial charge in [-0.3, -0.25) is 4.79 Å². The van der Waals surface area contributed by atoms with Gasteiger partial charge in [0.1, 0.15) is 6.54 Å². The number of nitrogens with zero attached hydrogens (tertiary/aromatic N) is 4. The van der Waals surface area contributed by atoms with Crippen LogP contribution in [-0.2, 0) is 11.3 Å². The molecule has 0 aliphatic rings. The second kappa shape index (κ2) is 3.81. The maximum absolute atomic E-state index is 10.5. The van der Waals surface area contributed by atoms with Crippen LogP contribution >= 0.6 is 15.9 Å². The van der Waals surface area contributed by atoms with Gasteiger partial charge in [0.25, 0.3) is 0 Å². The first-order valence-electron chi connectivity index (χ1n) is 3.90. The van der Waals surface area contributed by atoms with Crippen LogP contribution < -0.4 is 0 Å². The van der Waals surface area contributed by atoms with E-state index in [0.29, 0.717) is 16.1 Å². The minimum Gasteiger partial charge on any atom is -0.480 e. The highest BCUT2D eigenvalue weighted by molar-refractivity contribution is 9.10. The summed E-state index contributed by atoms with van der Waals surface area (Å²) in [5, 5.41) is 19.3. The molecule has 2 heterocycles. The molecule has 2 aromatic rings. The average molecular weight is 273 g/mol. The van der Waals surface area contributed by atoms with Crippen LogP contribution in [0, 0.1) is 0 Å². The van der Waals surface area contributed by atoms with Crippen molar-refractivity contribution in [3.05, 3.63) is 17.0 Å². The smallest absolute Gasteiger partial charge is 0.325 e. The maximum Gasteiger partial charge on any atom is 0.325 e. The molecule has 7 nitrogen and oxygen atoms in total. The van der Waals surface area contributed by atoms with Gasteiger partial charge >= 0.3 is 5.97 Å². The molecule has 0 aliphatic carbocycles. The summed E-state index contributed by atoms with van der Waals surface area (Å²) in [7, 11) is 0. The standard InChI is InChI=1S/C7H5BrN4O3/c8-6-4(1-2-15-6)7-9-10-11-12(7)3-5(13)14/h1-2H,3H2,(H,13,14). The first kappa shape index (κ1) is 9.84. The van der Waals surface area contributed by atoms with E-state index in [1.54, 1.807) is 6.07 Å². The third-order valence-corrected chi connectivity index (χ3v) is 2.29. The van der Waals surface area contributed by atoms with Crippen LogP contribution in [-0.4, -0.2) is 31.3 Å². The molecule has 0 aliphatic heterocycles. The van der Waals surface area contributed by atoms with Crippen molar-refractivity contribution in [1.29, 1.82) is 0 Å². The Hall–Kier alpha value is -1.70. The van der Waals surface area contributed by atoms with Gasteiger partial charge < -0.3 is 9.52 Å². The summed E-state index contributed by atoms with van der Waals surface area (Å²) < 4.78 is 6.65. The van der Waals surface area contributed by atoms with E-state index in [1.165, 1.54) is 10.9 Å². The normalized spacial score (nSPS) is 10.5. The Labute approximate surface area is 91.8 Å². The summed E-state index contributed by atoms with van der Waals surface area (Å²) in [5.74, 6) is -0.666. The summed E-state index contributed by atoms with van der Waals surface area (Å²) in [6.07, 6.45) is 1.46. The van der Waals surface area contributed by atoms with Crippen LogP contribution in [0.1, 0.15) is 0 Å². The van der Waals surface area contributed by atoms with Crippen LogP contribution in [0.15, 0.2) is 21.4 Å². The number of furan rings is 1. The number of halogens is 1. The van der Waals surface area contributed by atoms with Crippen molar-refractivity contribution in [2.24, 2.45) is 0 Å². The summed E-state index contributed by atoms with van der Waals surface area (Å²) in [6, 6.07) is 1.65. The number of hydrogen-bond acceptors (Lipinski definition) is 5. The molecule has 0 aromatic carbocycles. The van der Waals surface area contributed by atoms with Gasteiger partial charge in [-0.2, -0.15) is 0 Å². The Morgan fingerprint density at radius 2 is 2.47 bits per heavy atom. The largest absolute Gasteiger partial charge is 0.480 e. The number of aromatic nitrogens is 4. The predicted octanol–water partition coefficient (Wildman–Crippen LogP) is 0.780. The van der Waals surface area contributed by atoms with Crippen LogP contribution in [0.4, 0.5) is 0 Å². The molecule has 8 heteroatoms. The Balaban J connectivity index is 2.41. The van der Waals surface area contributed by atoms with Gasteiger partial charge in [0.15, 0.2) is 10.5 Å². The van der Waals surface area contributed by atoms with Crippen molar-refractivity contribution in [2.75, 3.05) is 0 Å². The quantitative estimate of drug-likeness (QED) is 0.888. The first-order chi connectivity index (χ1) is 7.18. The molecule has 2 aromatic heterocycles. The monoisotopic (exact) mass is 272 g/mol. The molecule has 0 saturated heterocycles. The van der Waals surface area contributed by atoms with E-state index < -0.39 is 5.97 Å². The van der Waals surface area contributed by atoms with Gasteiger partial charge in [-0.25, -0.2) is 4.68 Å². The van der Waals surface area contributed by atoms with E-state index in [4.69, 9.17) is 9.52 Å². The molecule has 0 fully saturated rings. The van der Waals surface area contributed by atoms with E-state index in [1.807, 2.05) is 0 Å². The molecule has 15 heavy (non-hydrogen) atoms. The lowest BCUT2D eigenvalue weighted by molar-refractivity contribution is -0.137. The lowest BCUT2D eigenvalue weighted by atomic mass is 10.3. The van der Waals surface area contributed by atoms with Gasteiger partial charge in [-0.15, -0.1) is 5.10 Å². The SMILES string of the molecule is O=C(O)Cn1nnnc1-c1ccoc1Br. The van der Waals surface area contributed by atoms with Crippen LogP contribution in [0.25, 0.3) is 11.4 Å². The number of carboxylic acids is 1. The Kier molecular flexibility index (Phi) is 2.50.